The van der Waals surface area contributed by atoms with Crippen LogP contribution in [0.3, 0.4) is 0 Å². The topological polar surface area (TPSA) is 40.6 Å². The van der Waals surface area contributed by atoms with Gasteiger partial charge in [0.2, 0.25) is 5.91 Å². The number of benzene rings is 2. The molecular formula is C23H25FN2O2. The van der Waals surface area contributed by atoms with Crippen LogP contribution < -0.4 is 0 Å². The van der Waals surface area contributed by atoms with Crippen LogP contribution in [0.25, 0.3) is 0 Å². The second-order valence-electron chi connectivity index (χ2n) is 7.87. The maximum absolute atomic E-state index is 13.5. The van der Waals surface area contributed by atoms with Crippen molar-refractivity contribution < 1.29 is 14.0 Å². The number of halogens is 1. The molecule has 0 radical (unpaired) electrons. The van der Waals surface area contributed by atoms with Gasteiger partial charge in [0.1, 0.15) is 18.4 Å². The van der Waals surface area contributed by atoms with E-state index < -0.39 is 6.04 Å². The zero-order valence-corrected chi connectivity index (χ0v) is 16.1. The molecule has 0 aromatic heterocycles. The zero-order valence-electron chi connectivity index (χ0n) is 16.1. The first-order chi connectivity index (χ1) is 13.5. The van der Waals surface area contributed by atoms with Crippen molar-refractivity contribution in [1.82, 2.24) is 9.80 Å². The second kappa shape index (κ2) is 7.74. The first kappa shape index (κ1) is 18.7. The molecule has 2 amide bonds. The van der Waals surface area contributed by atoms with Gasteiger partial charge in [0.25, 0.3) is 5.91 Å². The van der Waals surface area contributed by atoms with Gasteiger partial charge in [0, 0.05) is 12.6 Å². The van der Waals surface area contributed by atoms with E-state index in [1.165, 1.54) is 12.1 Å². The summed E-state index contributed by atoms with van der Waals surface area (Å²) in [5.41, 5.74) is 2.79. The lowest BCUT2D eigenvalue weighted by molar-refractivity contribution is -0.159. The SMILES string of the molecule is Cc1ccc(CN2C(=O)CN(C3CCCC3)C(=O)[C@H]2c2ccc(F)cc2)cc1. The molecule has 4 rings (SSSR count). The van der Waals surface area contributed by atoms with Gasteiger partial charge in [-0.1, -0.05) is 54.8 Å². The fourth-order valence-corrected chi connectivity index (χ4v) is 4.31. The summed E-state index contributed by atoms with van der Waals surface area (Å²) in [4.78, 5) is 29.9. The highest BCUT2D eigenvalue weighted by Gasteiger charge is 2.43. The summed E-state index contributed by atoms with van der Waals surface area (Å²) in [6.07, 6.45) is 4.09. The third-order valence-electron chi connectivity index (χ3n) is 5.88. The lowest BCUT2D eigenvalue weighted by atomic mass is 9.98. The highest BCUT2D eigenvalue weighted by atomic mass is 19.1. The summed E-state index contributed by atoms with van der Waals surface area (Å²) in [6.45, 7) is 2.51. The van der Waals surface area contributed by atoms with Gasteiger partial charge in [0.05, 0.1) is 0 Å². The molecule has 2 fully saturated rings. The predicted octanol–water partition coefficient (Wildman–Crippen LogP) is 3.99. The van der Waals surface area contributed by atoms with Gasteiger partial charge >= 0.3 is 0 Å². The van der Waals surface area contributed by atoms with Crippen molar-refractivity contribution in [1.29, 1.82) is 0 Å². The molecule has 0 spiro atoms. The molecule has 28 heavy (non-hydrogen) atoms. The van der Waals surface area contributed by atoms with Crippen LogP contribution in [0.4, 0.5) is 4.39 Å². The van der Waals surface area contributed by atoms with E-state index in [0.717, 1.165) is 36.8 Å². The van der Waals surface area contributed by atoms with Crippen LogP contribution in [0.1, 0.15) is 48.4 Å². The largest absolute Gasteiger partial charge is 0.328 e. The van der Waals surface area contributed by atoms with E-state index in [9.17, 15) is 14.0 Å². The quantitative estimate of drug-likeness (QED) is 0.805. The van der Waals surface area contributed by atoms with Gasteiger partial charge in [-0.15, -0.1) is 0 Å². The highest BCUT2D eigenvalue weighted by Crippen LogP contribution is 2.33. The monoisotopic (exact) mass is 380 g/mol. The first-order valence-electron chi connectivity index (χ1n) is 9.94. The number of hydrogen-bond acceptors (Lipinski definition) is 2. The molecule has 0 bridgehead atoms. The lowest BCUT2D eigenvalue weighted by Crippen LogP contribution is -2.57. The van der Waals surface area contributed by atoms with Crippen LogP contribution in [-0.2, 0) is 16.1 Å². The normalized spacial score (nSPS) is 20.9. The van der Waals surface area contributed by atoms with Crippen LogP contribution >= 0.6 is 0 Å². The highest BCUT2D eigenvalue weighted by molar-refractivity contribution is 5.95. The Morgan fingerprint density at radius 3 is 2.25 bits per heavy atom. The minimum absolute atomic E-state index is 0.0507. The Morgan fingerprint density at radius 1 is 0.964 bits per heavy atom. The number of carbonyl (C=O) groups is 2. The van der Waals surface area contributed by atoms with Crippen molar-refractivity contribution >= 4 is 11.8 Å². The fraction of sp³-hybridized carbons (Fsp3) is 0.391. The van der Waals surface area contributed by atoms with Crippen molar-refractivity contribution in [3.8, 4) is 0 Å². The van der Waals surface area contributed by atoms with Gasteiger partial charge in [0.15, 0.2) is 0 Å². The summed E-state index contributed by atoms with van der Waals surface area (Å²) in [5.74, 6) is -0.456. The summed E-state index contributed by atoms with van der Waals surface area (Å²) in [5, 5.41) is 0. The standard InChI is InChI=1S/C23H25FN2O2/c1-16-6-8-17(9-7-16)14-26-21(27)15-25(20-4-2-3-5-20)23(28)22(26)18-10-12-19(24)13-11-18/h6-13,20,22H,2-5,14-15H2,1H3/t22-/m1/s1. The molecule has 1 saturated heterocycles. The molecular weight excluding hydrogens is 355 g/mol. The first-order valence-corrected chi connectivity index (χ1v) is 9.94. The number of hydrogen-bond donors (Lipinski definition) is 0. The molecule has 2 aromatic carbocycles. The molecule has 5 heteroatoms. The molecule has 1 saturated carbocycles. The molecule has 2 aliphatic rings. The van der Waals surface area contributed by atoms with Crippen LogP contribution in [0.15, 0.2) is 48.5 Å². The summed E-state index contributed by atoms with van der Waals surface area (Å²) < 4.78 is 13.5. The summed E-state index contributed by atoms with van der Waals surface area (Å²) in [6, 6.07) is 13.3. The minimum Gasteiger partial charge on any atom is -0.328 e. The van der Waals surface area contributed by atoms with Crippen molar-refractivity contribution in [2.75, 3.05) is 6.54 Å². The summed E-state index contributed by atoms with van der Waals surface area (Å²) in [7, 11) is 0. The van der Waals surface area contributed by atoms with Crippen molar-refractivity contribution in [2.45, 2.75) is 51.2 Å². The van der Waals surface area contributed by atoms with Crippen molar-refractivity contribution in [3.63, 3.8) is 0 Å². The van der Waals surface area contributed by atoms with Gasteiger partial charge in [-0.3, -0.25) is 9.59 Å². The maximum atomic E-state index is 13.5. The fourth-order valence-electron chi connectivity index (χ4n) is 4.31. The Morgan fingerprint density at radius 2 is 1.61 bits per heavy atom. The number of rotatable bonds is 4. The van der Waals surface area contributed by atoms with Crippen LogP contribution in [-0.4, -0.2) is 34.2 Å². The molecule has 1 heterocycles. The van der Waals surface area contributed by atoms with E-state index in [1.807, 2.05) is 31.2 Å². The third kappa shape index (κ3) is 3.66. The van der Waals surface area contributed by atoms with Gasteiger partial charge < -0.3 is 9.80 Å². The van der Waals surface area contributed by atoms with E-state index in [4.69, 9.17) is 0 Å². The summed E-state index contributed by atoms with van der Waals surface area (Å²) >= 11 is 0. The smallest absolute Gasteiger partial charge is 0.250 e. The Bertz CT molecular complexity index is 857. The molecule has 4 nitrogen and oxygen atoms in total. The minimum atomic E-state index is -0.705. The average Bonchev–Trinajstić information content (AvgIpc) is 3.22. The van der Waals surface area contributed by atoms with Crippen LogP contribution in [0, 0.1) is 12.7 Å². The molecule has 1 atom stereocenters. The van der Waals surface area contributed by atoms with E-state index in [1.54, 1.807) is 21.9 Å². The second-order valence-corrected chi connectivity index (χ2v) is 7.87. The van der Waals surface area contributed by atoms with Gasteiger partial charge in [-0.05, 0) is 43.0 Å². The van der Waals surface area contributed by atoms with Crippen molar-refractivity contribution in [2.24, 2.45) is 0 Å². The zero-order chi connectivity index (χ0) is 19.7. The number of nitrogens with zero attached hydrogens (tertiary/aromatic N) is 2. The number of amides is 2. The van der Waals surface area contributed by atoms with E-state index >= 15 is 0 Å². The number of piperazine rings is 1. The molecule has 1 aliphatic heterocycles. The number of carbonyl (C=O) groups excluding carboxylic acids is 2. The Hall–Kier alpha value is -2.69. The van der Waals surface area contributed by atoms with Crippen LogP contribution in [0.5, 0.6) is 0 Å². The molecule has 0 unspecified atom stereocenters. The Balaban J connectivity index is 1.68. The average molecular weight is 380 g/mol. The lowest BCUT2D eigenvalue weighted by Gasteiger charge is -2.43. The van der Waals surface area contributed by atoms with E-state index in [-0.39, 0.29) is 30.2 Å². The third-order valence-corrected chi connectivity index (χ3v) is 5.88. The predicted molar refractivity (Wildman–Crippen MR) is 105 cm³/mol. The molecule has 2 aromatic rings. The number of aryl methyl sites for hydroxylation is 1. The van der Waals surface area contributed by atoms with E-state index in [0.29, 0.717) is 12.1 Å². The Labute approximate surface area is 164 Å². The van der Waals surface area contributed by atoms with Gasteiger partial charge in [-0.2, -0.15) is 0 Å². The Kier molecular flexibility index (Phi) is 5.16. The molecule has 1 aliphatic carbocycles. The molecule has 0 N–H and O–H groups in total. The van der Waals surface area contributed by atoms with Crippen LogP contribution in [0.2, 0.25) is 0 Å². The van der Waals surface area contributed by atoms with Gasteiger partial charge in [-0.25, -0.2) is 4.39 Å². The maximum Gasteiger partial charge on any atom is 0.250 e. The molecule has 146 valence electrons. The van der Waals surface area contributed by atoms with Crippen molar-refractivity contribution in [3.05, 3.63) is 71.0 Å². The van der Waals surface area contributed by atoms with E-state index in [2.05, 4.69) is 0 Å².